The summed E-state index contributed by atoms with van der Waals surface area (Å²) in [7, 11) is 0. The highest BCUT2D eigenvalue weighted by atomic mass is 32.2. The first kappa shape index (κ1) is 21.5. The van der Waals surface area contributed by atoms with Crippen molar-refractivity contribution >= 4 is 34.8 Å². The predicted octanol–water partition coefficient (Wildman–Crippen LogP) is 6.06. The molecule has 0 spiro atoms. The fraction of sp³-hybridized carbons (Fsp3) is 0.0769. The molecule has 4 aromatic rings. The zero-order chi connectivity index (χ0) is 22.3. The molecule has 0 radical (unpaired) electrons. The lowest BCUT2D eigenvalue weighted by molar-refractivity contribution is 0.101. The Morgan fingerprint density at radius 2 is 1.59 bits per heavy atom. The van der Waals surface area contributed by atoms with Gasteiger partial charge in [0.05, 0.1) is 5.75 Å². The molecule has 0 bridgehead atoms. The van der Waals surface area contributed by atoms with E-state index < -0.39 is 0 Å². The normalized spacial score (nSPS) is 10.5. The molecule has 1 N–H and O–H groups in total. The Hall–Kier alpha value is -3.77. The summed E-state index contributed by atoms with van der Waals surface area (Å²) < 4.78 is 0. The number of hydrogen-bond donors (Lipinski definition) is 1. The molecule has 1 heterocycles. The Labute approximate surface area is 190 Å². The molecule has 0 amide bonds. The molecule has 6 heteroatoms. The number of aromatic nitrogens is 2. The van der Waals surface area contributed by atoms with Crippen LogP contribution in [0.5, 0.6) is 0 Å². The molecule has 0 aliphatic carbocycles. The van der Waals surface area contributed by atoms with Gasteiger partial charge in [0.2, 0.25) is 0 Å². The summed E-state index contributed by atoms with van der Waals surface area (Å²) in [4.78, 5) is 32.9. The number of hydrogen-bond acceptors (Lipinski definition) is 6. The highest BCUT2D eigenvalue weighted by molar-refractivity contribution is 7.99. The first-order chi connectivity index (χ1) is 15.6. The van der Waals surface area contributed by atoms with E-state index >= 15 is 0 Å². The van der Waals surface area contributed by atoms with Gasteiger partial charge in [-0.1, -0.05) is 78.5 Å². The van der Waals surface area contributed by atoms with Crippen LogP contribution >= 0.6 is 11.8 Å². The lowest BCUT2D eigenvalue weighted by Gasteiger charge is -2.08. The number of Topliss-reactive ketones (excluding diaryl/α,β-unsaturated/α-hetero) is 2. The smallest absolute Gasteiger partial charge is 0.189 e. The van der Waals surface area contributed by atoms with Gasteiger partial charge in [0.15, 0.2) is 16.7 Å². The van der Waals surface area contributed by atoms with Crippen molar-refractivity contribution < 1.29 is 9.59 Å². The molecule has 0 saturated heterocycles. The Balaban J connectivity index is 1.38. The van der Waals surface area contributed by atoms with Crippen LogP contribution in [0.25, 0.3) is 11.1 Å². The number of benzene rings is 3. The molecule has 0 aliphatic heterocycles. The molecule has 32 heavy (non-hydrogen) atoms. The summed E-state index contributed by atoms with van der Waals surface area (Å²) in [5.41, 5.74) is 4.25. The third-order valence-electron chi connectivity index (χ3n) is 4.82. The summed E-state index contributed by atoms with van der Waals surface area (Å²) >= 11 is 1.29. The topological polar surface area (TPSA) is 72.0 Å². The minimum Gasteiger partial charge on any atom is -0.340 e. The van der Waals surface area contributed by atoms with Crippen molar-refractivity contribution in [2.24, 2.45) is 0 Å². The van der Waals surface area contributed by atoms with Crippen LogP contribution in [-0.4, -0.2) is 27.3 Å². The third-order valence-corrected chi connectivity index (χ3v) is 5.68. The van der Waals surface area contributed by atoms with Crippen LogP contribution in [-0.2, 0) is 0 Å². The van der Waals surface area contributed by atoms with Crippen molar-refractivity contribution in [2.75, 3.05) is 11.1 Å². The average Bonchev–Trinajstić information content (AvgIpc) is 2.83. The maximum atomic E-state index is 12.6. The van der Waals surface area contributed by atoms with Gasteiger partial charge in [-0.2, -0.15) is 0 Å². The molecule has 0 atom stereocenters. The van der Waals surface area contributed by atoms with E-state index in [4.69, 9.17) is 0 Å². The first-order valence-electron chi connectivity index (χ1n) is 10.1. The summed E-state index contributed by atoms with van der Waals surface area (Å²) in [6.07, 6.45) is 1.64. The maximum absolute atomic E-state index is 12.6. The quantitative estimate of drug-likeness (QED) is 0.204. The van der Waals surface area contributed by atoms with E-state index in [2.05, 4.69) is 15.3 Å². The molecule has 0 unspecified atom stereocenters. The van der Waals surface area contributed by atoms with Crippen molar-refractivity contribution in [1.82, 2.24) is 9.97 Å². The van der Waals surface area contributed by atoms with Crippen LogP contribution in [0, 0.1) is 0 Å². The van der Waals surface area contributed by atoms with E-state index in [0.717, 1.165) is 16.8 Å². The molecular weight excluding hydrogens is 418 g/mol. The van der Waals surface area contributed by atoms with E-state index in [0.29, 0.717) is 22.1 Å². The van der Waals surface area contributed by atoms with Crippen molar-refractivity contribution in [3.63, 3.8) is 0 Å². The number of nitrogens with one attached hydrogen (secondary N) is 1. The van der Waals surface area contributed by atoms with E-state index in [1.165, 1.54) is 18.7 Å². The largest absolute Gasteiger partial charge is 0.340 e. The molecule has 0 saturated carbocycles. The number of ketones is 2. The Morgan fingerprint density at radius 3 is 2.34 bits per heavy atom. The predicted molar refractivity (Wildman–Crippen MR) is 129 cm³/mol. The van der Waals surface area contributed by atoms with Gasteiger partial charge in [-0.05, 0) is 36.2 Å². The van der Waals surface area contributed by atoms with Gasteiger partial charge in [0.1, 0.15) is 5.82 Å². The number of rotatable bonds is 8. The fourth-order valence-electron chi connectivity index (χ4n) is 3.14. The van der Waals surface area contributed by atoms with Crippen LogP contribution in [0.1, 0.15) is 27.6 Å². The van der Waals surface area contributed by atoms with Crippen molar-refractivity contribution in [2.45, 2.75) is 12.1 Å². The summed E-state index contributed by atoms with van der Waals surface area (Å²) in [6, 6.07) is 26.7. The van der Waals surface area contributed by atoms with Crippen LogP contribution in [0.3, 0.4) is 0 Å². The average molecular weight is 440 g/mol. The van der Waals surface area contributed by atoms with Crippen LogP contribution in [0.4, 0.5) is 11.5 Å². The highest BCUT2D eigenvalue weighted by Gasteiger charge is 2.10. The summed E-state index contributed by atoms with van der Waals surface area (Å²) in [5.74, 6) is 0.866. The molecule has 4 rings (SSSR count). The van der Waals surface area contributed by atoms with Gasteiger partial charge in [-0.25, -0.2) is 9.97 Å². The molecule has 3 aromatic carbocycles. The SMILES string of the molecule is CC(=O)c1cccc(Nc2ccnc(SCC(=O)c3ccc(-c4ccccc4)cc3)n2)c1. The minimum absolute atomic E-state index is 0.00268. The number of carbonyl (C=O) groups is 2. The fourth-order valence-corrected chi connectivity index (χ4v) is 3.86. The van der Waals surface area contributed by atoms with Crippen molar-refractivity contribution in [3.05, 3.63) is 102 Å². The molecule has 158 valence electrons. The van der Waals surface area contributed by atoms with Gasteiger partial charge in [0, 0.05) is 23.0 Å². The third kappa shape index (κ3) is 5.47. The van der Waals surface area contributed by atoms with E-state index in [9.17, 15) is 9.59 Å². The van der Waals surface area contributed by atoms with Crippen molar-refractivity contribution in [1.29, 1.82) is 0 Å². The summed E-state index contributed by atoms with van der Waals surface area (Å²) in [6.45, 7) is 1.53. The van der Waals surface area contributed by atoms with Gasteiger partial charge < -0.3 is 5.32 Å². The van der Waals surface area contributed by atoms with Gasteiger partial charge in [-0.15, -0.1) is 0 Å². The minimum atomic E-state index is 0.00268. The monoisotopic (exact) mass is 439 g/mol. The number of carbonyl (C=O) groups excluding carboxylic acids is 2. The number of thioether (sulfide) groups is 1. The maximum Gasteiger partial charge on any atom is 0.189 e. The standard InChI is InChI=1S/C26H21N3O2S/c1-18(30)22-8-5-9-23(16-22)28-25-14-15-27-26(29-25)32-17-24(31)21-12-10-20(11-13-21)19-6-3-2-4-7-19/h2-16H,17H2,1H3,(H,27,28,29). The first-order valence-corrected chi connectivity index (χ1v) is 11.1. The van der Waals surface area contributed by atoms with Crippen LogP contribution in [0.2, 0.25) is 0 Å². The zero-order valence-corrected chi connectivity index (χ0v) is 18.3. The highest BCUT2D eigenvalue weighted by Crippen LogP contribution is 2.22. The number of anilines is 2. The van der Waals surface area contributed by atoms with Gasteiger partial charge in [0.25, 0.3) is 0 Å². The van der Waals surface area contributed by atoms with E-state index in [-0.39, 0.29) is 17.3 Å². The second kappa shape index (κ2) is 10.0. The van der Waals surface area contributed by atoms with E-state index in [1.807, 2.05) is 66.7 Å². The lowest BCUT2D eigenvalue weighted by Crippen LogP contribution is -2.03. The summed E-state index contributed by atoms with van der Waals surface area (Å²) in [5, 5.41) is 3.69. The zero-order valence-electron chi connectivity index (χ0n) is 17.5. The van der Waals surface area contributed by atoms with E-state index in [1.54, 1.807) is 24.4 Å². The molecule has 0 fully saturated rings. The van der Waals surface area contributed by atoms with Gasteiger partial charge >= 0.3 is 0 Å². The molecule has 1 aromatic heterocycles. The number of nitrogens with zero attached hydrogens (tertiary/aromatic N) is 2. The lowest BCUT2D eigenvalue weighted by atomic mass is 10.0. The Bertz CT molecular complexity index is 1240. The second-order valence-electron chi connectivity index (χ2n) is 7.14. The van der Waals surface area contributed by atoms with Crippen LogP contribution < -0.4 is 5.32 Å². The molecule has 0 aliphatic rings. The molecule has 5 nitrogen and oxygen atoms in total. The van der Waals surface area contributed by atoms with Gasteiger partial charge in [-0.3, -0.25) is 9.59 Å². The Kier molecular flexibility index (Phi) is 6.72. The molecular formula is C26H21N3O2S. The Morgan fingerprint density at radius 1 is 0.844 bits per heavy atom. The second-order valence-corrected chi connectivity index (χ2v) is 8.08. The van der Waals surface area contributed by atoms with Crippen molar-refractivity contribution in [3.8, 4) is 11.1 Å². The van der Waals surface area contributed by atoms with Crippen LogP contribution in [0.15, 0.2) is 96.3 Å².